The molecular formula is C10H11ClO4. The van der Waals surface area contributed by atoms with Crippen LogP contribution in [-0.4, -0.2) is 34.9 Å². The Labute approximate surface area is 92.2 Å². The number of alkyl halides is 1. The highest BCUT2D eigenvalue weighted by Crippen LogP contribution is 2.34. The van der Waals surface area contributed by atoms with Gasteiger partial charge in [0, 0.05) is 5.57 Å². The minimum absolute atomic E-state index is 0.154. The lowest BCUT2D eigenvalue weighted by Gasteiger charge is -2.24. The van der Waals surface area contributed by atoms with E-state index < -0.39 is 22.7 Å². The van der Waals surface area contributed by atoms with Crippen LogP contribution in [0.2, 0.25) is 0 Å². The minimum atomic E-state index is -2.07. The van der Waals surface area contributed by atoms with E-state index in [1.807, 2.05) is 0 Å². The van der Waals surface area contributed by atoms with Crippen LogP contribution in [-0.2, 0) is 14.3 Å². The van der Waals surface area contributed by atoms with Gasteiger partial charge in [0.1, 0.15) is 5.38 Å². The first kappa shape index (κ1) is 11.9. The second-order valence-corrected chi connectivity index (χ2v) is 3.56. The molecule has 0 saturated heterocycles. The van der Waals surface area contributed by atoms with Gasteiger partial charge in [-0.1, -0.05) is 12.2 Å². The summed E-state index contributed by atoms with van der Waals surface area (Å²) in [7, 11) is 1.12. The van der Waals surface area contributed by atoms with Gasteiger partial charge in [0.2, 0.25) is 5.60 Å². The summed E-state index contributed by atoms with van der Waals surface area (Å²) in [5.41, 5.74) is -1.92. The summed E-state index contributed by atoms with van der Waals surface area (Å²) in [5.74, 6) is -1.43. The van der Waals surface area contributed by atoms with E-state index in [1.165, 1.54) is 6.08 Å². The van der Waals surface area contributed by atoms with E-state index in [0.717, 1.165) is 13.2 Å². The van der Waals surface area contributed by atoms with E-state index in [9.17, 15) is 14.7 Å². The van der Waals surface area contributed by atoms with Crippen molar-refractivity contribution in [3.05, 3.63) is 23.8 Å². The summed E-state index contributed by atoms with van der Waals surface area (Å²) in [6.45, 7) is 1.70. The Morgan fingerprint density at radius 1 is 1.73 bits per heavy atom. The smallest absolute Gasteiger partial charge is 0.344 e. The fourth-order valence-corrected chi connectivity index (χ4v) is 1.70. The number of hydrogen-bond acceptors (Lipinski definition) is 4. The van der Waals surface area contributed by atoms with Crippen LogP contribution in [0, 0.1) is 0 Å². The highest BCUT2D eigenvalue weighted by atomic mass is 35.5. The Hall–Kier alpha value is -1.13. The maximum Gasteiger partial charge on any atom is 0.344 e. The number of carbonyl (C=O) groups excluding carboxylic acids is 2. The molecule has 1 aliphatic carbocycles. The van der Waals surface area contributed by atoms with E-state index in [2.05, 4.69) is 4.74 Å². The normalized spacial score (nSPS) is 30.8. The number of ketones is 1. The molecule has 0 unspecified atom stereocenters. The summed E-state index contributed by atoms with van der Waals surface area (Å²) >= 11 is 5.69. The van der Waals surface area contributed by atoms with Gasteiger partial charge in [-0.25, -0.2) is 4.79 Å². The van der Waals surface area contributed by atoms with Crippen molar-refractivity contribution in [2.75, 3.05) is 7.11 Å². The van der Waals surface area contributed by atoms with E-state index in [-0.39, 0.29) is 5.57 Å². The lowest BCUT2D eigenvalue weighted by atomic mass is 9.95. The van der Waals surface area contributed by atoms with Crippen molar-refractivity contribution in [3.8, 4) is 0 Å². The zero-order valence-corrected chi connectivity index (χ0v) is 9.12. The van der Waals surface area contributed by atoms with Crippen molar-refractivity contribution in [3.63, 3.8) is 0 Å². The van der Waals surface area contributed by atoms with Gasteiger partial charge in [-0.05, 0) is 13.0 Å². The second kappa shape index (κ2) is 4.16. The quantitative estimate of drug-likeness (QED) is 0.557. The molecule has 4 nitrogen and oxygen atoms in total. The largest absolute Gasteiger partial charge is 0.467 e. The molecule has 0 spiro atoms. The Morgan fingerprint density at radius 2 is 2.33 bits per heavy atom. The van der Waals surface area contributed by atoms with Gasteiger partial charge in [-0.3, -0.25) is 4.79 Å². The number of halogens is 1. The summed E-state index contributed by atoms with van der Waals surface area (Å²) in [6, 6.07) is 0. The molecule has 0 heterocycles. The monoisotopic (exact) mass is 230 g/mol. The summed E-state index contributed by atoms with van der Waals surface area (Å²) < 4.78 is 4.43. The Bertz CT molecular complexity index is 358. The van der Waals surface area contributed by atoms with Crippen LogP contribution >= 0.6 is 11.6 Å². The molecule has 0 saturated carbocycles. The molecule has 2 atom stereocenters. The van der Waals surface area contributed by atoms with Gasteiger partial charge in [0.05, 0.1) is 7.11 Å². The third kappa shape index (κ3) is 1.70. The molecule has 0 aromatic rings. The van der Waals surface area contributed by atoms with Crippen molar-refractivity contribution in [2.45, 2.75) is 17.9 Å². The molecule has 0 aromatic carbocycles. The summed E-state index contributed by atoms with van der Waals surface area (Å²) in [4.78, 5) is 22.7. The zero-order chi connectivity index (χ0) is 11.6. The molecule has 15 heavy (non-hydrogen) atoms. The number of aliphatic hydroxyl groups is 1. The molecule has 1 rings (SSSR count). The lowest BCUT2D eigenvalue weighted by Crippen LogP contribution is -2.48. The van der Waals surface area contributed by atoms with Crippen LogP contribution in [0.4, 0.5) is 0 Å². The predicted molar refractivity (Wildman–Crippen MR) is 54.5 cm³/mol. The molecule has 0 fully saturated rings. The standard InChI is InChI=1S/C10H11ClO4/c1-3-4-6-5-7(12)8(11)10(6,14)9(13)15-2/h3-5,8,14H,1-2H3/t8-,10-/m0/s1. The molecule has 0 aliphatic heterocycles. The molecule has 1 aliphatic rings. The summed E-state index contributed by atoms with van der Waals surface area (Å²) in [5, 5.41) is 8.72. The Balaban J connectivity index is 3.20. The van der Waals surface area contributed by atoms with Crippen molar-refractivity contribution in [1.29, 1.82) is 0 Å². The van der Waals surface area contributed by atoms with Crippen molar-refractivity contribution >= 4 is 23.4 Å². The third-order valence-electron chi connectivity index (χ3n) is 2.20. The van der Waals surface area contributed by atoms with E-state index in [1.54, 1.807) is 13.0 Å². The van der Waals surface area contributed by atoms with Crippen molar-refractivity contribution in [1.82, 2.24) is 0 Å². The fourth-order valence-electron chi connectivity index (χ4n) is 1.42. The van der Waals surface area contributed by atoms with Gasteiger partial charge >= 0.3 is 5.97 Å². The summed E-state index contributed by atoms with van der Waals surface area (Å²) in [6.07, 6.45) is 4.20. The molecule has 0 bridgehead atoms. The van der Waals surface area contributed by atoms with Gasteiger partial charge in [-0.2, -0.15) is 0 Å². The van der Waals surface area contributed by atoms with Gasteiger partial charge in [0.15, 0.2) is 5.78 Å². The third-order valence-corrected chi connectivity index (χ3v) is 2.73. The lowest BCUT2D eigenvalue weighted by molar-refractivity contribution is -0.158. The van der Waals surface area contributed by atoms with Gasteiger partial charge in [0.25, 0.3) is 0 Å². The molecular weight excluding hydrogens is 220 g/mol. The minimum Gasteiger partial charge on any atom is -0.467 e. The maximum absolute atomic E-state index is 11.4. The topological polar surface area (TPSA) is 63.6 Å². The first-order valence-electron chi connectivity index (χ1n) is 4.32. The first-order chi connectivity index (χ1) is 6.98. The molecule has 5 heteroatoms. The number of allylic oxidation sites excluding steroid dienone is 2. The van der Waals surface area contributed by atoms with Crippen molar-refractivity contribution < 1.29 is 19.4 Å². The maximum atomic E-state index is 11.4. The van der Waals surface area contributed by atoms with Gasteiger partial charge in [-0.15, -0.1) is 11.6 Å². The molecule has 0 aromatic heterocycles. The van der Waals surface area contributed by atoms with E-state index >= 15 is 0 Å². The van der Waals surface area contributed by atoms with Crippen LogP contribution in [0.25, 0.3) is 0 Å². The number of carbonyl (C=O) groups is 2. The SMILES string of the molecule is CC=CC1=CC(=O)[C@H](Cl)[C@]1(O)C(=O)OC. The van der Waals surface area contributed by atoms with Crippen LogP contribution in [0.1, 0.15) is 6.92 Å². The van der Waals surface area contributed by atoms with Crippen LogP contribution in [0.15, 0.2) is 23.8 Å². The van der Waals surface area contributed by atoms with Crippen molar-refractivity contribution in [2.24, 2.45) is 0 Å². The number of esters is 1. The molecule has 0 radical (unpaired) electrons. The van der Waals surface area contributed by atoms with Crippen LogP contribution in [0.3, 0.4) is 0 Å². The predicted octanol–water partition coefficient (Wildman–Crippen LogP) is 0.583. The van der Waals surface area contributed by atoms with Gasteiger partial charge < -0.3 is 9.84 Å². The fraction of sp³-hybridized carbons (Fsp3) is 0.400. The van der Waals surface area contributed by atoms with Crippen LogP contribution < -0.4 is 0 Å². The Morgan fingerprint density at radius 3 is 2.80 bits per heavy atom. The van der Waals surface area contributed by atoms with Crippen LogP contribution in [0.5, 0.6) is 0 Å². The van der Waals surface area contributed by atoms with E-state index in [0.29, 0.717) is 0 Å². The number of ether oxygens (including phenoxy) is 1. The average molecular weight is 231 g/mol. The highest BCUT2D eigenvalue weighted by molar-refractivity contribution is 6.37. The molecule has 1 N–H and O–H groups in total. The Kier molecular flexibility index (Phi) is 3.31. The van der Waals surface area contributed by atoms with E-state index in [4.69, 9.17) is 11.6 Å². The number of methoxy groups -OCH3 is 1. The highest BCUT2D eigenvalue weighted by Gasteiger charge is 2.53. The molecule has 0 amide bonds. The molecule has 82 valence electrons. The number of rotatable bonds is 2. The zero-order valence-electron chi connectivity index (χ0n) is 8.36. The second-order valence-electron chi connectivity index (χ2n) is 3.12. The average Bonchev–Trinajstić information content (AvgIpc) is 2.44. The first-order valence-corrected chi connectivity index (χ1v) is 4.75. The number of hydrogen-bond donors (Lipinski definition) is 1.